The van der Waals surface area contributed by atoms with Crippen LogP contribution < -0.4 is 5.32 Å². The molecule has 1 saturated heterocycles. The van der Waals surface area contributed by atoms with E-state index in [1.54, 1.807) is 18.2 Å². The first kappa shape index (κ1) is 14.4. The molecule has 1 aliphatic heterocycles. The number of imide groups is 1. The number of carbonyl (C=O) groups is 2. The van der Waals surface area contributed by atoms with Gasteiger partial charge in [0.25, 0.3) is 5.91 Å². The molecule has 3 rings (SSSR count). The van der Waals surface area contributed by atoms with Crippen LogP contribution in [0.1, 0.15) is 26.0 Å². The first-order valence-corrected chi connectivity index (χ1v) is 7.16. The van der Waals surface area contributed by atoms with Crippen LogP contribution in [0, 0.1) is 5.92 Å². The lowest BCUT2D eigenvalue weighted by molar-refractivity contribution is -0.128. The molecule has 1 aliphatic rings. The van der Waals surface area contributed by atoms with Gasteiger partial charge in [0.05, 0.1) is 12.8 Å². The summed E-state index contributed by atoms with van der Waals surface area (Å²) in [7, 11) is 0. The Kier molecular flexibility index (Phi) is 3.70. The molecule has 0 aliphatic carbocycles. The SMILES string of the molecule is CC(C)CC1NC(=O)N(Cc2cc(-c3ccco3)on2)C1=O. The maximum atomic E-state index is 12.3. The Morgan fingerprint density at radius 3 is 2.86 bits per heavy atom. The lowest BCUT2D eigenvalue weighted by Gasteiger charge is -2.12. The lowest BCUT2D eigenvalue weighted by Crippen LogP contribution is -2.31. The Morgan fingerprint density at radius 2 is 2.18 bits per heavy atom. The highest BCUT2D eigenvalue weighted by Crippen LogP contribution is 2.22. The van der Waals surface area contributed by atoms with Crippen molar-refractivity contribution in [3.05, 3.63) is 30.2 Å². The largest absolute Gasteiger partial charge is 0.461 e. The van der Waals surface area contributed by atoms with Crippen LogP contribution in [-0.2, 0) is 11.3 Å². The topological polar surface area (TPSA) is 88.6 Å². The molecule has 0 saturated carbocycles. The van der Waals surface area contributed by atoms with Gasteiger partial charge in [-0.25, -0.2) is 4.79 Å². The van der Waals surface area contributed by atoms with Crippen LogP contribution in [-0.4, -0.2) is 28.0 Å². The first-order chi connectivity index (χ1) is 10.5. The Balaban J connectivity index is 1.71. The van der Waals surface area contributed by atoms with Crippen molar-refractivity contribution in [1.82, 2.24) is 15.4 Å². The highest BCUT2D eigenvalue weighted by Gasteiger charge is 2.38. The Bertz CT molecular complexity index is 675. The maximum absolute atomic E-state index is 12.3. The van der Waals surface area contributed by atoms with Gasteiger partial charge in [-0.1, -0.05) is 19.0 Å². The number of nitrogens with one attached hydrogen (secondary N) is 1. The maximum Gasteiger partial charge on any atom is 0.325 e. The molecule has 1 N–H and O–H groups in total. The summed E-state index contributed by atoms with van der Waals surface area (Å²) in [6.45, 7) is 4.11. The Hall–Kier alpha value is -2.57. The minimum absolute atomic E-state index is 0.0868. The predicted octanol–water partition coefficient (Wildman–Crippen LogP) is 2.40. The molecule has 1 atom stereocenters. The normalized spacial score (nSPS) is 18.3. The van der Waals surface area contributed by atoms with E-state index in [1.807, 2.05) is 13.8 Å². The fourth-order valence-electron chi connectivity index (χ4n) is 2.44. The number of furan rings is 1. The molecule has 3 amide bonds. The molecular weight excluding hydrogens is 286 g/mol. The number of carbonyl (C=O) groups excluding carboxylic acids is 2. The van der Waals surface area contributed by atoms with E-state index in [-0.39, 0.29) is 12.5 Å². The van der Waals surface area contributed by atoms with Gasteiger partial charge in [0, 0.05) is 6.07 Å². The van der Waals surface area contributed by atoms with Crippen LogP contribution in [0.2, 0.25) is 0 Å². The quantitative estimate of drug-likeness (QED) is 0.857. The van der Waals surface area contributed by atoms with Crippen LogP contribution in [0.15, 0.2) is 33.4 Å². The number of amides is 3. The third kappa shape index (κ3) is 2.74. The molecular formula is C15H17N3O4. The summed E-state index contributed by atoms with van der Waals surface area (Å²) >= 11 is 0. The summed E-state index contributed by atoms with van der Waals surface area (Å²) in [6.07, 6.45) is 2.16. The summed E-state index contributed by atoms with van der Waals surface area (Å²) < 4.78 is 10.4. The molecule has 1 fully saturated rings. The van der Waals surface area contributed by atoms with Gasteiger partial charge >= 0.3 is 6.03 Å². The minimum Gasteiger partial charge on any atom is -0.461 e. The van der Waals surface area contributed by atoms with Crippen LogP contribution in [0.3, 0.4) is 0 Å². The molecule has 0 radical (unpaired) electrons. The van der Waals surface area contributed by atoms with Crippen molar-refractivity contribution in [2.75, 3.05) is 0 Å². The van der Waals surface area contributed by atoms with Crippen molar-refractivity contribution in [3.8, 4) is 11.5 Å². The van der Waals surface area contributed by atoms with E-state index in [1.165, 1.54) is 6.26 Å². The minimum atomic E-state index is -0.455. The Morgan fingerprint density at radius 1 is 1.36 bits per heavy atom. The van der Waals surface area contributed by atoms with Crippen molar-refractivity contribution in [2.24, 2.45) is 5.92 Å². The molecule has 7 heteroatoms. The van der Waals surface area contributed by atoms with Gasteiger partial charge in [-0.15, -0.1) is 0 Å². The summed E-state index contributed by atoms with van der Waals surface area (Å²) in [5.74, 6) is 1.12. The van der Waals surface area contributed by atoms with E-state index < -0.39 is 12.1 Å². The third-order valence-corrected chi connectivity index (χ3v) is 3.46. The predicted molar refractivity (Wildman–Crippen MR) is 76.5 cm³/mol. The van der Waals surface area contributed by atoms with E-state index in [9.17, 15) is 9.59 Å². The zero-order valence-corrected chi connectivity index (χ0v) is 12.4. The van der Waals surface area contributed by atoms with Gasteiger partial charge in [-0.05, 0) is 24.5 Å². The van der Waals surface area contributed by atoms with E-state index in [0.717, 1.165) is 4.90 Å². The molecule has 116 valence electrons. The number of nitrogens with zero attached hydrogens (tertiary/aromatic N) is 2. The zero-order chi connectivity index (χ0) is 15.7. The van der Waals surface area contributed by atoms with Gasteiger partial charge in [0.2, 0.25) is 5.76 Å². The van der Waals surface area contributed by atoms with Crippen LogP contribution >= 0.6 is 0 Å². The van der Waals surface area contributed by atoms with Gasteiger partial charge in [0.1, 0.15) is 11.7 Å². The first-order valence-electron chi connectivity index (χ1n) is 7.16. The third-order valence-electron chi connectivity index (χ3n) is 3.46. The van der Waals surface area contributed by atoms with E-state index in [0.29, 0.717) is 29.6 Å². The molecule has 0 bridgehead atoms. The van der Waals surface area contributed by atoms with Gasteiger partial charge in [0.15, 0.2) is 5.76 Å². The standard InChI is InChI=1S/C15H17N3O4/c1-9(2)6-11-14(19)18(15(20)16-11)8-10-7-13(22-17-10)12-4-3-5-21-12/h3-5,7,9,11H,6,8H2,1-2H3,(H,16,20). The average Bonchev–Trinajstić information content (AvgIpc) is 3.16. The number of hydrogen-bond acceptors (Lipinski definition) is 5. The number of hydrogen-bond donors (Lipinski definition) is 1. The summed E-state index contributed by atoms with van der Waals surface area (Å²) in [6, 6.07) is 4.30. The van der Waals surface area contributed by atoms with Crippen molar-refractivity contribution in [3.63, 3.8) is 0 Å². The fourth-order valence-corrected chi connectivity index (χ4v) is 2.44. The summed E-state index contributed by atoms with van der Waals surface area (Å²) in [5.41, 5.74) is 0.500. The molecule has 0 spiro atoms. The van der Waals surface area contributed by atoms with Crippen molar-refractivity contribution in [2.45, 2.75) is 32.9 Å². The molecule has 22 heavy (non-hydrogen) atoms. The molecule has 3 heterocycles. The number of urea groups is 1. The van der Waals surface area contributed by atoms with Crippen molar-refractivity contribution in [1.29, 1.82) is 0 Å². The molecule has 1 unspecified atom stereocenters. The summed E-state index contributed by atoms with van der Waals surface area (Å²) in [4.78, 5) is 25.4. The number of rotatable bonds is 5. The van der Waals surface area contributed by atoms with E-state index in [2.05, 4.69) is 10.5 Å². The second-order valence-electron chi connectivity index (χ2n) is 5.72. The second kappa shape index (κ2) is 5.67. The molecule has 7 nitrogen and oxygen atoms in total. The monoisotopic (exact) mass is 303 g/mol. The highest BCUT2D eigenvalue weighted by atomic mass is 16.5. The van der Waals surface area contributed by atoms with Crippen molar-refractivity contribution >= 4 is 11.9 Å². The van der Waals surface area contributed by atoms with Gasteiger partial charge in [-0.3, -0.25) is 9.69 Å². The smallest absolute Gasteiger partial charge is 0.325 e. The molecule has 2 aromatic rings. The molecule has 2 aromatic heterocycles. The van der Waals surface area contributed by atoms with E-state index >= 15 is 0 Å². The fraction of sp³-hybridized carbons (Fsp3) is 0.400. The lowest BCUT2D eigenvalue weighted by atomic mass is 10.0. The molecule has 0 aromatic carbocycles. The van der Waals surface area contributed by atoms with Crippen LogP contribution in [0.4, 0.5) is 4.79 Å². The van der Waals surface area contributed by atoms with Crippen LogP contribution in [0.25, 0.3) is 11.5 Å². The number of aromatic nitrogens is 1. The summed E-state index contributed by atoms with van der Waals surface area (Å²) in [5, 5.41) is 6.58. The van der Waals surface area contributed by atoms with Gasteiger partial charge in [-0.2, -0.15) is 0 Å². The average molecular weight is 303 g/mol. The van der Waals surface area contributed by atoms with Crippen LogP contribution in [0.5, 0.6) is 0 Å². The van der Waals surface area contributed by atoms with Crippen molar-refractivity contribution < 1.29 is 18.5 Å². The van der Waals surface area contributed by atoms with E-state index in [4.69, 9.17) is 8.94 Å². The Labute approximate surface area is 127 Å². The van der Waals surface area contributed by atoms with Gasteiger partial charge < -0.3 is 14.3 Å². The highest BCUT2D eigenvalue weighted by molar-refractivity contribution is 6.04. The second-order valence-corrected chi connectivity index (χ2v) is 5.72. The zero-order valence-electron chi connectivity index (χ0n) is 12.4.